The summed E-state index contributed by atoms with van der Waals surface area (Å²) in [5, 5.41) is 0. The molecule has 14 heavy (non-hydrogen) atoms. The third-order valence-electron chi connectivity index (χ3n) is 2.44. The fourth-order valence-corrected chi connectivity index (χ4v) is 2.48. The number of hydrogen-bond donors (Lipinski definition) is 1. The van der Waals surface area contributed by atoms with Crippen molar-refractivity contribution in [1.29, 1.82) is 0 Å². The summed E-state index contributed by atoms with van der Waals surface area (Å²) in [5.41, 5.74) is 3.68. The van der Waals surface area contributed by atoms with Crippen molar-refractivity contribution in [2.45, 2.75) is 26.7 Å². The summed E-state index contributed by atoms with van der Waals surface area (Å²) in [4.78, 5) is 7.94. The van der Waals surface area contributed by atoms with Gasteiger partial charge >= 0.3 is 0 Å². The number of aryl methyl sites for hydroxylation is 2. The van der Waals surface area contributed by atoms with Gasteiger partial charge in [-0.3, -0.25) is 0 Å². The van der Waals surface area contributed by atoms with Crippen LogP contribution >= 0.6 is 22.6 Å². The van der Waals surface area contributed by atoms with Crippen LogP contribution in [0.5, 0.6) is 0 Å². The van der Waals surface area contributed by atoms with Crippen LogP contribution in [0.4, 0.5) is 0 Å². The molecule has 74 valence electrons. The molecule has 0 fully saturated rings. The lowest BCUT2D eigenvalue weighted by molar-refractivity contribution is 0.998. The van der Waals surface area contributed by atoms with E-state index >= 15 is 0 Å². The van der Waals surface area contributed by atoms with Crippen LogP contribution in [-0.4, -0.2) is 9.97 Å². The Morgan fingerprint density at radius 2 is 2.07 bits per heavy atom. The lowest BCUT2D eigenvalue weighted by Gasteiger charge is -2.00. The van der Waals surface area contributed by atoms with E-state index in [1.165, 1.54) is 14.7 Å². The van der Waals surface area contributed by atoms with Gasteiger partial charge in [0.1, 0.15) is 5.82 Å². The number of benzene rings is 1. The van der Waals surface area contributed by atoms with E-state index in [-0.39, 0.29) is 0 Å². The standard InChI is InChI=1S/C11H13IN2/c1-3-7-8(12)5-6-9-11(7)14-10(4-2)13-9/h5-6H,3-4H2,1-2H3,(H,13,14). The van der Waals surface area contributed by atoms with E-state index in [2.05, 4.69) is 58.5 Å². The van der Waals surface area contributed by atoms with Crippen molar-refractivity contribution >= 4 is 33.6 Å². The number of rotatable bonds is 2. The average molecular weight is 300 g/mol. The first kappa shape index (κ1) is 9.96. The van der Waals surface area contributed by atoms with E-state index < -0.39 is 0 Å². The van der Waals surface area contributed by atoms with Crippen molar-refractivity contribution in [3.8, 4) is 0 Å². The minimum atomic E-state index is 0.967. The maximum atomic E-state index is 4.60. The van der Waals surface area contributed by atoms with Gasteiger partial charge in [0.2, 0.25) is 0 Å². The number of nitrogens with zero attached hydrogens (tertiary/aromatic N) is 1. The second-order valence-corrected chi connectivity index (χ2v) is 4.47. The fraction of sp³-hybridized carbons (Fsp3) is 0.364. The number of fused-ring (bicyclic) bond motifs is 1. The van der Waals surface area contributed by atoms with Gasteiger partial charge in [-0.15, -0.1) is 0 Å². The van der Waals surface area contributed by atoms with Crippen LogP contribution in [0.3, 0.4) is 0 Å². The monoisotopic (exact) mass is 300 g/mol. The smallest absolute Gasteiger partial charge is 0.106 e. The number of imidazole rings is 1. The molecular formula is C11H13IN2. The van der Waals surface area contributed by atoms with Gasteiger partial charge in [-0.25, -0.2) is 4.98 Å². The molecule has 0 radical (unpaired) electrons. The Bertz CT molecular complexity index is 460. The van der Waals surface area contributed by atoms with Crippen molar-refractivity contribution in [3.05, 3.63) is 27.1 Å². The molecule has 0 spiro atoms. The third-order valence-corrected chi connectivity index (χ3v) is 3.45. The average Bonchev–Trinajstić information content (AvgIpc) is 2.60. The molecule has 0 aliphatic rings. The SMILES string of the molecule is CCc1nc2c(CC)c(I)ccc2[nH]1. The summed E-state index contributed by atoms with van der Waals surface area (Å²) < 4.78 is 1.31. The molecule has 1 N–H and O–H groups in total. The molecule has 2 aromatic rings. The van der Waals surface area contributed by atoms with Crippen molar-refractivity contribution in [3.63, 3.8) is 0 Å². The molecule has 1 heterocycles. The molecule has 2 nitrogen and oxygen atoms in total. The zero-order chi connectivity index (χ0) is 10.1. The lowest BCUT2D eigenvalue weighted by atomic mass is 10.1. The largest absolute Gasteiger partial charge is 0.342 e. The van der Waals surface area contributed by atoms with Crippen LogP contribution in [0, 0.1) is 3.57 Å². The van der Waals surface area contributed by atoms with E-state index in [1.54, 1.807) is 0 Å². The van der Waals surface area contributed by atoms with Crippen molar-refractivity contribution in [2.75, 3.05) is 0 Å². The van der Waals surface area contributed by atoms with Crippen LogP contribution in [0.1, 0.15) is 25.2 Å². The zero-order valence-electron chi connectivity index (χ0n) is 8.39. The molecule has 0 bridgehead atoms. The van der Waals surface area contributed by atoms with Gasteiger partial charge in [-0.2, -0.15) is 0 Å². The number of aromatic nitrogens is 2. The highest BCUT2D eigenvalue weighted by atomic mass is 127. The Balaban J connectivity index is 2.73. The van der Waals surface area contributed by atoms with E-state index in [4.69, 9.17) is 0 Å². The number of hydrogen-bond acceptors (Lipinski definition) is 1. The fourth-order valence-electron chi connectivity index (χ4n) is 1.66. The van der Waals surface area contributed by atoms with Crippen molar-refractivity contribution < 1.29 is 0 Å². The predicted octanol–water partition coefficient (Wildman–Crippen LogP) is 3.29. The Hall–Kier alpha value is -0.580. The molecule has 1 aromatic carbocycles. The molecule has 0 atom stereocenters. The van der Waals surface area contributed by atoms with Gasteiger partial charge in [0, 0.05) is 9.99 Å². The summed E-state index contributed by atoms with van der Waals surface area (Å²) in [6.45, 7) is 4.30. The highest BCUT2D eigenvalue weighted by molar-refractivity contribution is 14.1. The second-order valence-electron chi connectivity index (χ2n) is 3.31. The Morgan fingerprint density at radius 1 is 1.29 bits per heavy atom. The van der Waals surface area contributed by atoms with Crippen molar-refractivity contribution in [2.24, 2.45) is 0 Å². The highest BCUT2D eigenvalue weighted by Crippen LogP contribution is 2.22. The van der Waals surface area contributed by atoms with E-state index in [0.717, 1.165) is 24.2 Å². The predicted molar refractivity (Wildman–Crippen MR) is 67.6 cm³/mol. The lowest BCUT2D eigenvalue weighted by Crippen LogP contribution is -1.88. The van der Waals surface area contributed by atoms with E-state index in [9.17, 15) is 0 Å². The number of halogens is 1. The van der Waals surface area contributed by atoms with E-state index in [1.807, 2.05) is 0 Å². The normalized spacial score (nSPS) is 11.1. The van der Waals surface area contributed by atoms with Gasteiger partial charge in [0.15, 0.2) is 0 Å². The van der Waals surface area contributed by atoms with E-state index in [0.29, 0.717) is 0 Å². The van der Waals surface area contributed by atoms with Crippen LogP contribution in [0.2, 0.25) is 0 Å². The van der Waals surface area contributed by atoms with Crippen LogP contribution in [0.15, 0.2) is 12.1 Å². The van der Waals surface area contributed by atoms with Crippen LogP contribution < -0.4 is 0 Å². The number of H-pyrrole nitrogens is 1. The van der Waals surface area contributed by atoms with Gasteiger partial charge < -0.3 is 4.98 Å². The van der Waals surface area contributed by atoms with Gasteiger partial charge in [-0.1, -0.05) is 13.8 Å². The summed E-state index contributed by atoms with van der Waals surface area (Å²) in [6, 6.07) is 4.27. The minimum absolute atomic E-state index is 0.967. The van der Waals surface area contributed by atoms with Crippen LogP contribution in [-0.2, 0) is 12.8 Å². The Morgan fingerprint density at radius 3 is 2.71 bits per heavy atom. The quantitative estimate of drug-likeness (QED) is 0.847. The Kier molecular flexibility index (Phi) is 2.76. The molecule has 2 rings (SSSR count). The third kappa shape index (κ3) is 1.54. The molecule has 0 aliphatic carbocycles. The summed E-state index contributed by atoms with van der Waals surface area (Å²) in [6.07, 6.45) is 2.01. The molecule has 0 amide bonds. The maximum absolute atomic E-state index is 4.60. The highest BCUT2D eigenvalue weighted by Gasteiger charge is 2.07. The molecule has 3 heteroatoms. The first-order valence-corrected chi connectivity index (χ1v) is 6.00. The summed E-state index contributed by atoms with van der Waals surface area (Å²) in [5.74, 6) is 1.08. The first-order chi connectivity index (χ1) is 6.76. The summed E-state index contributed by atoms with van der Waals surface area (Å²) >= 11 is 2.38. The van der Waals surface area contributed by atoms with Crippen molar-refractivity contribution in [1.82, 2.24) is 9.97 Å². The molecule has 1 aromatic heterocycles. The zero-order valence-corrected chi connectivity index (χ0v) is 10.6. The second kappa shape index (κ2) is 3.88. The molecule has 0 unspecified atom stereocenters. The van der Waals surface area contributed by atoms with Gasteiger partial charge in [-0.05, 0) is 46.7 Å². The van der Waals surface area contributed by atoms with Gasteiger partial charge in [0.25, 0.3) is 0 Å². The number of aromatic amines is 1. The molecule has 0 aliphatic heterocycles. The van der Waals surface area contributed by atoms with Gasteiger partial charge in [0.05, 0.1) is 11.0 Å². The molecule has 0 saturated heterocycles. The van der Waals surface area contributed by atoms with Crippen LogP contribution in [0.25, 0.3) is 11.0 Å². The topological polar surface area (TPSA) is 28.7 Å². The minimum Gasteiger partial charge on any atom is -0.342 e. The molecular weight excluding hydrogens is 287 g/mol. The molecule has 0 saturated carbocycles. The maximum Gasteiger partial charge on any atom is 0.106 e. The summed E-state index contributed by atoms with van der Waals surface area (Å²) in [7, 11) is 0. The first-order valence-electron chi connectivity index (χ1n) is 4.92. The number of nitrogens with one attached hydrogen (secondary N) is 1. The Labute approximate surface area is 97.3 Å².